The normalized spacial score (nSPS) is 28.6. The first-order valence-corrected chi connectivity index (χ1v) is 8.45. The Kier molecular flexibility index (Phi) is 5.65. The standard InChI is InChI=1S/C17H26O6/c1-4-22-15(19)17(16(20)23-5-2)10-9-11-12(14(18)21-3)7-6-8-13(11)17/h11-13H,4-10H2,1-3H3/t11-,12?,13+/m0/s1. The van der Waals surface area contributed by atoms with Crippen LogP contribution >= 0.6 is 0 Å². The maximum atomic E-state index is 12.6. The second-order valence-corrected chi connectivity index (χ2v) is 6.28. The van der Waals surface area contributed by atoms with Gasteiger partial charge in [-0.1, -0.05) is 6.42 Å². The van der Waals surface area contributed by atoms with Gasteiger partial charge in [-0.05, 0) is 51.4 Å². The number of hydrogen-bond acceptors (Lipinski definition) is 6. The van der Waals surface area contributed by atoms with E-state index >= 15 is 0 Å². The van der Waals surface area contributed by atoms with Crippen LogP contribution in [-0.4, -0.2) is 38.2 Å². The molecule has 0 heterocycles. The maximum absolute atomic E-state index is 12.6. The van der Waals surface area contributed by atoms with Gasteiger partial charge in [0.15, 0.2) is 5.41 Å². The molecular weight excluding hydrogens is 300 g/mol. The summed E-state index contributed by atoms with van der Waals surface area (Å²) in [4.78, 5) is 37.3. The summed E-state index contributed by atoms with van der Waals surface area (Å²) in [5.41, 5.74) is -1.26. The molecule has 0 amide bonds. The molecule has 0 aliphatic heterocycles. The molecule has 2 saturated carbocycles. The predicted octanol–water partition coefficient (Wildman–Crippen LogP) is 2.10. The summed E-state index contributed by atoms with van der Waals surface area (Å²) in [5.74, 6) is -1.73. The predicted molar refractivity (Wildman–Crippen MR) is 81.3 cm³/mol. The lowest BCUT2D eigenvalue weighted by atomic mass is 9.65. The molecule has 1 unspecified atom stereocenters. The van der Waals surface area contributed by atoms with Crippen molar-refractivity contribution >= 4 is 17.9 Å². The minimum atomic E-state index is -1.26. The molecule has 0 aromatic rings. The molecule has 2 aliphatic carbocycles. The van der Waals surface area contributed by atoms with Crippen LogP contribution < -0.4 is 0 Å². The molecule has 130 valence electrons. The summed E-state index contributed by atoms with van der Waals surface area (Å²) in [7, 11) is 1.38. The minimum absolute atomic E-state index is 0.0231. The molecule has 0 saturated heterocycles. The number of rotatable bonds is 5. The van der Waals surface area contributed by atoms with E-state index in [4.69, 9.17) is 14.2 Å². The summed E-state index contributed by atoms with van der Waals surface area (Å²) < 4.78 is 15.3. The van der Waals surface area contributed by atoms with E-state index in [2.05, 4.69) is 0 Å². The number of carbonyl (C=O) groups is 3. The van der Waals surface area contributed by atoms with E-state index in [9.17, 15) is 14.4 Å². The average Bonchev–Trinajstić information content (AvgIpc) is 2.95. The van der Waals surface area contributed by atoms with E-state index in [1.165, 1.54) is 7.11 Å². The Balaban J connectivity index is 2.35. The Hall–Kier alpha value is -1.59. The second kappa shape index (κ2) is 7.32. The van der Waals surface area contributed by atoms with Gasteiger partial charge < -0.3 is 14.2 Å². The van der Waals surface area contributed by atoms with Crippen LogP contribution in [-0.2, 0) is 28.6 Å². The van der Waals surface area contributed by atoms with Crippen LogP contribution in [0.4, 0.5) is 0 Å². The molecule has 2 rings (SSSR count). The van der Waals surface area contributed by atoms with E-state index in [1.807, 2.05) is 0 Å². The summed E-state index contributed by atoms with van der Waals surface area (Å²) >= 11 is 0. The van der Waals surface area contributed by atoms with Gasteiger partial charge in [0.1, 0.15) is 0 Å². The first kappa shape index (κ1) is 17.8. The van der Waals surface area contributed by atoms with Gasteiger partial charge in [0, 0.05) is 0 Å². The molecule has 0 aromatic carbocycles. The Morgan fingerprint density at radius 2 is 1.61 bits per heavy atom. The van der Waals surface area contributed by atoms with Crippen molar-refractivity contribution in [3.8, 4) is 0 Å². The lowest BCUT2D eigenvalue weighted by molar-refractivity contribution is -0.178. The van der Waals surface area contributed by atoms with Crippen molar-refractivity contribution in [2.45, 2.75) is 46.0 Å². The SMILES string of the molecule is CCOC(=O)C1(C(=O)OCC)CC[C@H]2C(C(=O)OC)CCC[C@H]21. The fourth-order valence-corrected chi connectivity index (χ4v) is 4.41. The summed E-state index contributed by atoms with van der Waals surface area (Å²) in [6.07, 6.45) is 3.29. The topological polar surface area (TPSA) is 78.9 Å². The van der Waals surface area contributed by atoms with Gasteiger partial charge in [-0.25, -0.2) is 0 Å². The molecule has 0 bridgehead atoms. The second-order valence-electron chi connectivity index (χ2n) is 6.28. The molecule has 3 atom stereocenters. The van der Waals surface area contributed by atoms with Gasteiger partial charge in [-0.2, -0.15) is 0 Å². The van der Waals surface area contributed by atoms with Gasteiger partial charge in [0.05, 0.1) is 26.2 Å². The van der Waals surface area contributed by atoms with E-state index < -0.39 is 17.4 Å². The average molecular weight is 326 g/mol. The highest BCUT2D eigenvalue weighted by Crippen LogP contribution is 2.56. The lowest BCUT2D eigenvalue weighted by Gasteiger charge is -2.38. The summed E-state index contributed by atoms with van der Waals surface area (Å²) in [5, 5.41) is 0. The zero-order valence-electron chi connectivity index (χ0n) is 14.1. The van der Waals surface area contributed by atoms with E-state index in [-0.39, 0.29) is 36.9 Å². The Morgan fingerprint density at radius 3 is 2.13 bits per heavy atom. The number of carbonyl (C=O) groups excluding carboxylic acids is 3. The largest absolute Gasteiger partial charge is 0.469 e. The van der Waals surface area contributed by atoms with Crippen LogP contribution in [0.25, 0.3) is 0 Å². The smallest absolute Gasteiger partial charge is 0.323 e. The van der Waals surface area contributed by atoms with Crippen molar-refractivity contribution in [2.75, 3.05) is 20.3 Å². The summed E-state index contributed by atoms with van der Waals surface area (Å²) in [6, 6.07) is 0. The lowest BCUT2D eigenvalue weighted by Crippen LogP contribution is -2.48. The maximum Gasteiger partial charge on any atom is 0.323 e. The molecule has 2 fully saturated rings. The van der Waals surface area contributed by atoms with Gasteiger partial charge in [0.2, 0.25) is 0 Å². The first-order valence-electron chi connectivity index (χ1n) is 8.45. The van der Waals surface area contributed by atoms with Crippen molar-refractivity contribution in [3.63, 3.8) is 0 Å². The number of esters is 3. The molecule has 0 radical (unpaired) electrons. The quantitative estimate of drug-likeness (QED) is 0.437. The van der Waals surface area contributed by atoms with Crippen LogP contribution in [0.5, 0.6) is 0 Å². The molecule has 6 heteroatoms. The highest BCUT2D eigenvalue weighted by atomic mass is 16.6. The van der Waals surface area contributed by atoms with Crippen molar-refractivity contribution in [2.24, 2.45) is 23.2 Å². The van der Waals surface area contributed by atoms with E-state index in [0.29, 0.717) is 12.8 Å². The molecule has 6 nitrogen and oxygen atoms in total. The first-order chi connectivity index (χ1) is 11.0. The molecule has 2 aliphatic rings. The number of hydrogen-bond donors (Lipinski definition) is 0. The number of methoxy groups -OCH3 is 1. The van der Waals surface area contributed by atoms with Crippen LogP contribution in [0.2, 0.25) is 0 Å². The molecule has 23 heavy (non-hydrogen) atoms. The van der Waals surface area contributed by atoms with Gasteiger partial charge in [0.25, 0.3) is 0 Å². The molecule has 0 aromatic heterocycles. The minimum Gasteiger partial charge on any atom is -0.469 e. The third-order valence-corrected chi connectivity index (χ3v) is 5.35. The highest BCUT2D eigenvalue weighted by Gasteiger charge is 2.63. The van der Waals surface area contributed by atoms with Crippen LogP contribution in [0, 0.1) is 23.2 Å². The summed E-state index contributed by atoms with van der Waals surface area (Å²) in [6.45, 7) is 3.89. The van der Waals surface area contributed by atoms with Gasteiger partial charge in [-0.15, -0.1) is 0 Å². The van der Waals surface area contributed by atoms with Gasteiger partial charge in [-0.3, -0.25) is 14.4 Å². The van der Waals surface area contributed by atoms with Crippen molar-refractivity contribution < 1.29 is 28.6 Å². The number of fused-ring (bicyclic) bond motifs is 1. The van der Waals surface area contributed by atoms with Crippen LogP contribution in [0.3, 0.4) is 0 Å². The van der Waals surface area contributed by atoms with Crippen molar-refractivity contribution in [1.82, 2.24) is 0 Å². The molecule has 0 spiro atoms. The highest BCUT2D eigenvalue weighted by molar-refractivity contribution is 6.01. The Bertz CT molecular complexity index is 454. The van der Waals surface area contributed by atoms with Crippen molar-refractivity contribution in [1.29, 1.82) is 0 Å². The van der Waals surface area contributed by atoms with Crippen molar-refractivity contribution in [3.05, 3.63) is 0 Å². The van der Waals surface area contributed by atoms with E-state index in [1.54, 1.807) is 13.8 Å². The third kappa shape index (κ3) is 2.95. The Morgan fingerprint density at radius 1 is 1.00 bits per heavy atom. The zero-order chi connectivity index (χ0) is 17.0. The van der Waals surface area contributed by atoms with E-state index in [0.717, 1.165) is 19.3 Å². The van der Waals surface area contributed by atoms with Crippen LogP contribution in [0.15, 0.2) is 0 Å². The van der Waals surface area contributed by atoms with Gasteiger partial charge >= 0.3 is 17.9 Å². The molecular formula is C17H26O6. The Labute approximate surface area is 136 Å². The monoisotopic (exact) mass is 326 g/mol. The van der Waals surface area contributed by atoms with Crippen LogP contribution in [0.1, 0.15) is 46.0 Å². The fraction of sp³-hybridized carbons (Fsp3) is 0.824. The number of ether oxygens (including phenoxy) is 3. The molecule has 0 N–H and O–H groups in total. The third-order valence-electron chi connectivity index (χ3n) is 5.35. The fourth-order valence-electron chi connectivity index (χ4n) is 4.41. The zero-order valence-corrected chi connectivity index (χ0v) is 14.1.